The first-order valence-corrected chi connectivity index (χ1v) is 5.58. The van der Waals surface area contributed by atoms with Crippen LogP contribution in [0.2, 0.25) is 0 Å². The number of hydrogen-bond acceptors (Lipinski definition) is 4. The van der Waals surface area contributed by atoms with Gasteiger partial charge in [-0.15, -0.1) is 0 Å². The second-order valence-corrected chi connectivity index (χ2v) is 4.55. The van der Waals surface area contributed by atoms with Crippen LogP contribution in [0.25, 0.3) is 0 Å². The Morgan fingerprint density at radius 3 is 2.69 bits per heavy atom. The molecule has 0 radical (unpaired) electrons. The minimum absolute atomic E-state index is 0.510. The molecule has 0 aliphatic carbocycles. The molecule has 0 bridgehead atoms. The van der Waals surface area contributed by atoms with Crippen molar-refractivity contribution >= 4 is 5.82 Å². The summed E-state index contributed by atoms with van der Waals surface area (Å²) in [5.74, 6) is 0.868. The van der Waals surface area contributed by atoms with Crippen LogP contribution in [0.5, 0.6) is 0 Å². The molecule has 0 spiro atoms. The van der Waals surface area contributed by atoms with Crippen molar-refractivity contribution in [2.45, 2.75) is 32.9 Å². The van der Waals surface area contributed by atoms with Crippen molar-refractivity contribution in [1.82, 2.24) is 4.98 Å². The summed E-state index contributed by atoms with van der Waals surface area (Å²) in [7, 11) is 0. The van der Waals surface area contributed by atoms with Crippen molar-refractivity contribution in [2.24, 2.45) is 5.73 Å². The molecule has 1 aromatic heterocycles. The summed E-state index contributed by atoms with van der Waals surface area (Å²) in [6.07, 6.45) is 1.75. The summed E-state index contributed by atoms with van der Waals surface area (Å²) in [6.45, 7) is 7.51. The molecule has 0 fully saturated rings. The Morgan fingerprint density at radius 1 is 1.50 bits per heavy atom. The van der Waals surface area contributed by atoms with Gasteiger partial charge >= 0.3 is 0 Å². The predicted molar refractivity (Wildman–Crippen MR) is 66.3 cm³/mol. The van der Waals surface area contributed by atoms with Gasteiger partial charge in [0.05, 0.1) is 5.60 Å². The Labute approximate surface area is 97.1 Å². The monoisotopic (exact) mass is 223 g/mol. The molecule has 0 aliphatic rings. The zero-order valence-electron chi connectivity index (χ0n) is 10.3. The minimum Gasteiger partial charge on any atom is -0.389 e. The Morgan fingerprint density at radius 2 is 2.19 bits per heavy atom. The number of pyridine rings is 1. The maximum atomic E-state index is 9.81. The van der Waals surface area contributed by atoms with E-state index < -0.39 is 5.60 Å². The quantitative estimate of drug-likeness (QED) is 0.785. The van der Waals surface area contributed by atoms with E-state index in [1.165, 1.54) is 0 Å². The van der Waals surface area contributed by atoms with Gasteiger partial charge in [0.15, 0.2) is 0 Å². The van der Waals surface area contributed by atoms with Crippen molar-refractivity contribution < 1.29 is 5.11 Å². The van der Waals surface area contributed by atoms with E-state index in [0.717, 1.165) is 17.9 Å². The predicted octanol–water partition coefficient (Wildman–Crippen LogP) is 1.14. The van der Waals surface area contributed by atoms with Gasteiger partial charge in [0.25, 0.3) is 0 Å². The molecule has 0 unspecified atom stereocenters. The molecule has 16 heavy (non-hydrogen) atoms. The first-order valence-electron chi connectivity index (χ1n) is 5.58. The Hall–Kier alpha value is -1.13. The number of rotatable bonds is 5. The average molecular weight is 223 g/mol. The zero-order chi connectivity index (χ0) is 12.2. The molecule has 1 aromatic rings. The fourth-order valence-electron chi connectivity index (χ4n) is 1.58. The van der Waals surface area contributed by atoms with Crippen molar-refractivity contribution in [3.63, 3.8) is 0 Å². The molecule has 0 amide bonds. The number of likely N-dealkylation sites (N-methyl/N-ethyl adjacent to an activating group) is 1. The van der Waals surface area contributed by atoms with E-state index in [2.05, 4.69) is 4.98 Å². The summed E-state index contributed by atoms with van der Waals surface area (Å²) >= 11 is 0. The Balaban J connectivity index is 2.86. The minimum atomic E-state index is -0.726. The van der Waals surface area contributed by atoms with Crippen LogP contribution in [0.3, 0.4) is 0 Å². The van der Waals surface area contributed by atoms with Crippen LogP contribution < -0.4 is 10.6 Å². The van der Waals surface area contributed by atoms with Crippen LogP contribution in [0.1, 0.15) is 26.3 Å². The molecular formula is C12H21N3O. The number of nitrogens with two attached hydrogens (primary N) is 1. The number of hydrogen-bond donors (Lipinski definition) is 2. The lowest BCUT2D eigenvalue weighted by Crippen LogP contribution is -2.39. The summed E-state index contributed by atoms with van der Waals surface area (Å²) in [6, 6.07) is 3.87. The Bertz CT molecular complexity index is 333. The number of aliphatic hydroxyl groups is 1. The third-order valence-corrected chi connectivity index (χ3v) is 2.33. The highest BCUT2D eigenvalue weighted by Crippen LogP contribution is 2.15. The normalized spacial score (nSPS) is 11.6. The van der Waals surface area contributed by atoms with E-state index >= 15 is 0 Å². The number of aromatic nitrogens is 1. The van der Waals surface area contributed by atoms with Gasteiger partial charge in [-0.3, -0.25) is 0 Å². The maximum absolute atomic E-state index is 9.81. The lowest BCUT2D eigenvalue weighted by molar-refractivity contribution is 0.0874. The van der Waals surface area contributed by atoms with E-state index in [-0.39, 0.29) is 0 Å². The lowest BCUT2D eigenvalue weighted by Gasteiger charge is -2.29. The van der Waals surface area contributed by atoms with Gasteiger partial charge < -0.3 is 15.7 Å². The molecule has 0 atom stereocenters. The molecule has 90 valence electrons. The molecule has 0 aliphatic heterocycles. The van der Waals surface area contributed by atoms with Crippen molar-refractivity contribution in [2.75, 3.05) is 18.0 Å². The average Bonchev–Trinajstić information content (AvgIpc) is 2.25. The van der Waals surface area contributed by atoms with Gasteiger partial charge in [-0.2, -0.15) is 0 Å². The first kappa shape index (κ1) is 12.9. The van der Waals surface area contributed by atoms with Crippen LogP contribution in [0.4, 0.5) is 5.82 Å². The SMILES string of the molecule is CCN(CC(C)(C)O)c1cc(CN)ccn1. The number of anilines is 1. The third-order valence-electron chi connectivity index (χ3n) is 2.33. The second kappa shape index (κ2) is 5.27. The van der Waals surface area contributed by atoms with Gasteiger partial charge in [0.1, 0.15) is 5.82 Å². The first-order chi connectivity index (χ1) is 7.46. The molecule has 1 heterocycles. The topological polar surface area (TPSA) is 62.4 Å². The molecule has 3 N–H and O–H groups in total. The molecule has 4 nitrogen and oxygen atoms in total. The van der Waals surface area contributed by atoms with Crippen molar-refractivity contribution in [3.8, 4) is 0 Å². The van der Waals surface area contributed by atoms with Crippen LogP contribution in [0.15, 0.2) is 18.3 Å². The smallest absolute Gasteiger partial charge is 0.128 e. The largest absolute Gasteiger partial charge is 0.389 e. The van der Waals surface area contributed by atoms with Gasteiger partial charge in [-0.25, -0.2) is 4.98 Å². The summed E-state index contributed by atoms with van der Waals surface area (Å²) in [5, 5.41) is 9.81. The molecule has 0 saturated heterocycles. The highest BCUT2D eigenvalue weighted by Gasteiger charge is 2.18. The van der Waals surface area contributed by atoms with Gasteiger partial charge in [0.2, 0.25) is 0 Å². The maximum Gasteiger partial charge on any atom is 0.128 e. The zero-order valence-corrected chi connectivity index (χ0v) is 10.3. The highest BCUT2D eigenvalue weighted by molar-refractivity contribution is 5.41. The van der Waals surface area contributed by atoms with Gasteiger partial charge in [0, 0.05) is 25.8 Å². The summed E-state index contributed by atoms with van der Waals surface area (Å²) in [5.41, 5.74) is 5.92. The summed E-state index contributed by atoms with van der Waals surface area (Å²) < 4.78 is 0. The summed E-state index contributed by atoms with van der Waals surface area (Å²) in [4.78, 5) is 6.34. The second-order valence-electron chi connectivity index (χ2n) is 4.55. The third kappa shape index (κ3) is 3.79. The molecular weight excluding hydrogens is 202 g/mol. The van der Waals surface area contributed by atoms with Crippen LogP contribution in [-0.4, -0.2) is 28.8 Å². The van der Waals surface area contributed by atoms with Crippen molar-refractivity contribution in [1.29, 1.82) is 0 Å². The molecule has 1 rings (SSSR count). The molecule has 0 saturated carbocycles. The van der Waals surface area contributed by atoms with Crippen LogP contribution in [-0.2, 0) is 6.54 Å². The highest BCUT2D eigenvalue weighted by atomic mass is 16.3. The lowest BCUT2D eigenvalue weighted by atomic mass is 10.1. The molecule has 0 aromatic carbocycles. The van der Waals surface area contributed by atoms with Gasteiger partial charge in [-0.1, -0.05) is 0 Å². The van der Waals surface area contributed by atoms with E-state index in [9.17, 15) is 5.11 Å². The van der Waals surface area contributed by atoms with E-state index in [4.69, 9.17) is 5.73 Å². The van der Waals surface area contributed by atoms with E-state index in [0.29, 0.717) is 13.1 Å². The molecule has 4 heteroatoms. The van der Waals surface area contributed by atoms with Crippen LogP contribution >= 0.6 is 0 Å². The fraction of sp³-hybridized carbons (Fsp3) is 0.583. The Kier molecular flexibility index (Phi) is 4.26. The number of nitrogens with zero attached hydrogens (tertiary/aromatic N) is 2. The van der Waals surface area contributed by atoms with E-state index in [1.54, 1.807) is 20.0 Å². The van der Waals surface area contributed by atoms with E-state index in [1.807, 2.05) is 24.0 Å². The standard InChI is InChI=1S/C12H21N3O/c1-4-15(9-12(2,3)16)11-7-10(8-13)5-6-14-11/h5-7,16H,4,8-9,13H2,1-3H3. The van der Waals surface area contributed by atoms with Crippen LogP contribution in [0, 0.1) is 0 Å². The van der Waals surface area contributed by atoms with Crippen molar-refractivity contribution in [3.05, 3.63) is 23.9 Å². The van der Waals surface area contributed by atoms with Gasteiger partial charge in [-0.05, 0) is 38.5 Å². The fourth-order valence-corrected chi connectivity index (χ4v) is 1.58.